The zero-order chi connectivity index (χ0) is 28.9. The number of nitrogens with two attached hydrogens (primary N) is 2. The minimum absolute atomic E-state index is 0.0258. The lowest BCUT2D eigenvalue weighted by molar-refractivity contribution is -0.160. The second-order valence-electron chi connectivity index (χ2n) is 9.43. The van der Waals surface area contributed by atoms with E-state index < -0.39 is 56.0 Å². The maximum atomic E-state index is 15.5. The van der Waals surface area contributed by atoms with Gasteiger partial charge < -0.3 is 44.2 Å². The van der Waals surface area contributed by atoms with Crippen molar-refractivity contribution in [1.29, 1.82) is 0 Å². The van der Waals surface area contributed by atoms with Crippen molar-refractivity contribution in [3.63, 3.8) is 0 Å². The third kappa shape index (κ3) is 5.54. The van der Waals surface area contributed by atoms with Gasteiger partial charge in [-0.1, -0.05) is 5.21 Å². The predicted molar refractivity (Wildman–Crippen MR) is 143 cm³/mol. The zero-order valence-corrected chi connectivity index (χ0v) is 23.2. The Labute approximate surface area is 235 Å². The Morgan fingerprint density at radius 2 is 2.17 bits per heavy atom. The number of hydrogen-bond acceptors (Lipinski definition) is 14. The molecule has 0 aromatic carbocycles. The van der Waals surface area contributed by atoms with E-state index in [1.807, 2.05) is 0 Å². The molecule has 6 heterocycles. The average Bonchev–Trinajstić information content (AvgIpc) is 3.63. The van der Waals surface area contributed by atoms with Crippen LogP contribution in [0.25, 0.3) is 22.2 Å². The fourth-order valence-corrected chi connectivity index (χ4v) is 6.19. The number of aromatic amines is 1. The minimum atomic E-state index is -3.98. The van der Waals surface area contributed by atoms with Gasteiger partial charge in [0.05, 0.1) is 18.6 Å². The van der Waals surface area contributed by atoms with Crippen molar-refractivity contribution < 1.29 is 32.5 Å². The number of aromatic nitrogens is 8. The van der Waals surface area contributed by atoms with E-state index in [4.69, 9.17) is 46.5 Å². The highest BCUT2D eigenvalue weighted by atomic mass is 32.5. The Morgan fingerprint density at radius 3 is 3.00 bits per heavy atom. The lowest BCUT2D eigenvalue weighted by Crippen LogP contribution is -2.34. The number of nitrogen functional groups attached to an aromatic ring is 2. The molecule has 2 aliphatic heterocycles. The summed E-state index contributed by atoms with van der Waals surface area (Å²) in [5.74, 6) is 0.142. The lowest BCUT2D eigenvalue weighted by Gasteiger charge is -2.29. The van der Waals surface area contributed by atoms with Crippen molar-refractivity contribution in [2.75, 3.05) is 24.7 Å². The maximum Gasteiger partial charge on any atom is 0.325 e. The number of alkyl halides is 1. The number of halogens is 1. The van der Waals surface area contributed by atoms with Gasteiger partial charge in [-0.2, -0.15) is 9.67 Å². The van der Waals surface area contributed by atoms with Crippen LogP contribution in [0, 0.1) is 0 Å². The van der Waals surface area contributed by atoms with E-state index in [-0.39, 0.29) is 36.6 Å². The summed E-state index contributed by atoms with van der Waals surface area (Å²) in [6, 6.07) is 1.73. The second kappa shape index (κ2) is 10.9. The molecule has 0 spiro atoms. The smallest absolute Gasteiger partial charge is 0.325 e. The summed E-state index contributed by atoms with van der Waals surface area (Å²) in [4.78, 5) is 37.8. The molecule has 2 bridgehead atoms. The van der Waals surface area contributed by atoms with Crippen LogP contribution in [-0.2, 0) is 35.1 Å². The van der Waals surface area contributed by atoms with Crippen molar-refractivity contribution in [3.05, 3.63) is 28.9 Å². The molecule has 17 nitrogen and oxygen atoms in total. The van der Waals surface area contributed by atoms with Crippen LogP contribution in [0.4, 0.5) is 16.2 Å². The van der Waals surface area contributed by atoms with Gasteiger partial charge in [-0.05, 0) is 24.8 Å². The summed E-state index contributed by atoms with van der Waals surface area (Å²) in [6.45, 7) is -2.73. The predicted octanol–water partition coefficient (Wildman–Crippen LogP) is 0.650. The van der Waals surface area contributed by atoms with Crippen LogP contribution in [-0.4, -0.2) is 82.3 Å². The third-order valence-electron chi connectivity index (χ3n) is 6.70. The molecule has 6 rings (SSSR count). The molecule has 2 unspecified atom stereocenters. The monoisotopic (exact) mass is 612 g/mol. The number of rotatable bonds is 4. The molecule has 4 aromatic heterocycles. The van der Waals surface area contributed by atoms with E-state index in [1.165, 1.54) is 11.0 Å². The molecule has 220 valence electrons. The number of nitrogens with zero attached hydrogens (tertiary/aromatic N) is 7. The van der Waals surface area contributed by atoms with Crippen molar-refractivity contribution in [3.8, 4) is 0 Å². The fraction of sp³-hybridized carbons (Fsp3) is 0.524. The molecule has 41 heavy (non-hydrogen) atoms. The molecular weight excluding hydrogens is 586 g/mol. The fourth-order valence-electron chi connectivity index (χ4n) is 4.75. The number of ether oxygens (including phenoxy) is 3. The summed E-state index contributed by atoms with van der Waals surface area (Å²) >= 11 is 5.24. The van der Waals surface area contributed by atoms with Gasteiger partial charge in [0, 0.05) is 19.0 Å². The highest BCUT2D eigenvalue weighted by molar-refractivity contribution is 8.07. The van der Waals surface area contributed by atoms with Crippen LogP contribution < -0.4 is 17.0 Å². The first-order valence-corrected chi connectivity index (χ1v) is 15.1. The molecule has 0 amide bonds. The number of nitrogens with one attached hydrogen (secondary N) is 1. The van der Waals surface area contributed by atoms with Crippen LogP contribution in [0.5, 0.6) is 0 Å². The number of anilines is 2. The van der Waals surface area contributed by atoms with Crippen LogP contribution in [0.1, 0.15) is 32.2 Å². The van der Waals surface area contributed by atoms with Gasteiger partial charge in [0.2, 0.25) is 5.95 Å². The summed E-state index contributed by atoms with van der Waals surface area (Å²) < 4.78 is 47.4. The summed E-state index contributed by atoms with van der Waals surface area (Å²) in [7, 11) is 0. The molecule has 4 aromatic rings. The number of fused-ring (bicyclic) bond motifs is 4. The third-order valence-corrected chi connectivity index (χ3v) is 8.29. The van der Waals surface area contributed by atoms with Crippen LogP contribution >= 0.6 is 6.72 Å². The number of hydrogen-bond donors (Lipinski definition) is 4. The molecule has 7 atom stereocenters. The largest absolute Gasteiger partial charge is 0.383 e. The highest BCUT2D eigenvalue weighted by Gasteiger charge is 2.44. The molecule has 2 saturated heterocycles. The van der Waals surface area contributed by atoms with E-state index in [0.29, 0.717) is 16.9 Å². The normalized spacial score (nSPS) is 30.3. The van der Waals surface area contributed by atoms with Crippen LogP contribution in [0.3, 0.4) is 0 Å². The second-order valence-corrected chi connectivity index (χ2v) is 12.2. The standard InChI is InChI=1S/C21H26FN10O7PS/c1-9(31-4-2-10-16(23)25-8-26-17(10)31)37-13-7-36-40(34,41)39-12-6-14(35-5-3-11(13)22)38-20(12)32-18-15(29-30-32)19(33)28-21(24)27-18/h2,4,8-9,11-14,20H,3,5-7H2,1H3,(H,34,41)(H2,23,25,26)(H3,24,27,28,33)/t9-,11-,12-,13-,14?,20-,40?/m1/s1. The van der Waals surface area contributed by atoms with Gasteiger partial charge in [-0.25, -0.2) is 14.4 Å². The van der Waals surface area contributed by atoms with Gasteiger partial charge in [0.15, 0.2) is 23.7 Å². The summed E-state index contributed by atoms with van der Waals surface area (Å²) in [5, 5.41) is 8.43. The van der Waals surface area contributed by atoms with E-state index >= 15 is 4.39 Å². The van der Waals surface area contributed by atoms with E-state index in [0.717, 1.165) is 0 Å². The average molecular weight is 613 g/mol. The molecule has 0 radical (unpaired) electrons. The van der Waals surface area contributed by atoms with Gasteiger partial charge in [-0.3, -0.25) is 9.78 Å². The first kappa shape index (κ1) is 28.0. The number of H-pyrrole nitrogens is 1. The highest BCUT2D eigenvalue weighted by Crippen LogP contribution is 2.50. The minimum Gasteiger partial charge on any atom is -0.383 e. The first-order valence-electron chi connectivity index (χ1n) is 12.5. The first-order chi connectivity index (χ1) is 19.6. The van der Waals surface area contributed by atoms with Gasteiger partial charge in [0.25, 0.3) is 5.56 Å². The van der Waals surface area contributed by atoms with Crippen molar-refractivity contribution >= 4 is 52.5 Å². The van der Waals surface area contributed by atoms with Crippen molar-refractivity contribution in [1.82, 2.24) is 39.5 Å². The van der Waals surface area contributed by atoms with Crippen molar-refractivity contribution in [2.45, 2.75) is 56.9 Å². The van der Waals surface area contributed by atoms with Gasteiger partial charge in [-0.15, -0.1) is 5.10 Å². The Balaban J connectivity index is 1.22. The molecule has 20 heteroatoms. The molecule has 2 aliphatic rings. The summed E-state index contributed by atoms with van der Waals surface area (Å²) in [5.41, 5.74) is 11.5. The zero-order valence-electron chi connectivity index (χ0n) is 21.4. The van der Waals surface area contributed by atoms with Gasteiger partial charge in [0.1, 0.15) is 42.4 Å². The molecule has 6 N–H and O–H groups in total. The topological polar surface area (TPSA) is 226 Å². The Hall–Kier alpha value is -3.16. The SMILES string of the molecule is C[C@@H](O[C@@H]1COP(O)(=S)O[C@@H]2CC(OCC[C@H]1F)O[C@H]2n1nnc2c(=O)[nH]c(N)nc21)n1ccc2c(N)ncnc21. The van der Waals surface area contributed by atoms with Crippen molar-refractivity contribution in [2.24, 2.45) is 0 Å². The quantitative estimate of drug-likeness (QED) is 0.232. The molecular formula is C21H26FN10O7PS. The lowest BCUT2D eigenvalue weighted by atomic mass is 10.2. The molecule has 2 fully saturated rings. The van der Waals surface area contributed by atoms with E-state index in [2.05, 4.69) is 30.2 Å². The molecule has 0 aliphatic carbocycles. The Bertz CT molecular complexity index is 1690. The van der Waals surface area contributed by atoms with Crippen LogP contribution in [0.2, 0.25) is 0 Å². The Kier molecular flexibility index (Phi) is 7.45. The van der Waals surface area contributed by atoms with Gasteiger partial charge >= 0.3 is 6.72 Å². The Morgan fingerprint density at radius 1 is 1.34 bits per heavy atom. The van der Waals surface area contributed by atoms with E-state index in [1.54, 1.807) is 23.8 Å². The molecule has 0 saturated carbocycles. The van der Waals surface area contributed by atoms with E-state index in [9.17, 15) is 9.69 Å². The summed E-state index contributed by atoms with van der Waals surface area (Å²) in [6.07, 6.45) is -3.30. The van der Waals surface area contributed by atoms with Crippen LogP contribution in [0.15, 0.2) is 23.4 Å². The maximum absolute atomic E-state index is 15.5.